The van der Waals surface area contributed by atoms with Crippen LogP contribution >= 0.6 is 0 Å². The average molecular weight is 319 g/mol. The summed E-state index contributed by atoms with van der Waals surface area (Å²) in [5.41, 5.74) is -0.187. The first-order valence-corrected chi connectivity index (χ1v) is 7.13. The van der Waals surface area contributed by atoms with Crippen molar-refractivity contribution in [1.82, 2.24) is 18.6 Å². The number of aromatic nitrogens is 2. The van der Waals surface area contributed by atoms with E-state index in [1.54, 1.807) is 0 Å². The van der Waals surface area contributed by atoms with Gasteiger partial charge < -0.3 is 5.32 Å². The van der Waals surface area contributed by atoms with Crippen molar-refractivity contribution in [3.63, 3.8) is 0 Å². The zero-order chi connectivity index (χ0) is 16.4. The predicted molar refractivity (Wildman–Crippen MR) is 73.6 cm³/mol. The highest BCUT2D eigenvalue weighted by molar-refractivity contribution is 7.87. The summed E-state index contributed by atoms with van der Waals surface area (Å²) < 4.78 is 25.7. The summed E-state index contributed by atoms with van der Waals surface area (Å²) in [6.45, 7) is 1.21. The minimum absolute atomic E-state index is 0.135. The van der Waals surface area contributed by atoms with Gasteiger partial charge in [0.05, 0.1) is 7.11 Å². The van der Waals surface area contributed by atoms with E-state index < -0.39 is 22.0 Å². The molecule has 0 radical (unpaired) electrons. The second kappa shape index (κ2) is 6.20. The zero-order valence-electron chi connectivity index (χ0n) is 12.3. The monoisotopic (exact) mass is 319 g/mol. The second-order valence-electron chi connectivity index (χ2n) is 4.21. The van der Waals surface area contributed by atoms with E-state index in [1.165, 1.54) is 35.2 Å². The van der Waals surface area contributed by atoms with E-state index in [4.69, 9.17) is 4.84 Å². The van der Waals surface area contributed by atoms with E-state index >= 15 is 0 Å². The van der Waals surface area contributed by atoms with Crippen molar-refractivity contribution in [1.29, 1.82) is 0 Å². The second-order valence-corrected chi connectivity index (χ2v) is 6.19. The topological polar surface area (TPSA) is 114 Å². The van der Waals surface area contributed by atoms with Crippen molar-refractivity contribution in [2.75, 3.05) is 33.6 Å². The highest BCUT2D eigenvalue weighted by Gasteiger charge is 2.26. The number of hydrogen-bond donors (Lipinski definition) is 1. The van der Waals surface area contributed by atoms with Crippen LogP contribution < -0.4 is 5.32 Å². The molecular formula is C10H17N5O5S. The van der Waals surface area contributed by atoms with Crippen LogP contribution in [0.2, 0.25) is 0 Å². The molecule has 0 saturated heterocycles. The van der Waals surface area contributed by atoms with Gasteiger partial charge in [-0.1, -0.05) is 0 Å². The molecule has 0 atom stereocenters. The summed E-state index contributed by atoms with van der Waals surface area (Å²) in [6, 6.07) is 1.15. The first-order valence-electron chi connectivity index (χ1n) is 5.74. The van der Waals surface area contributed by atoms with Gasteiger partial charge in [0.15, 0.2) is 5.69 Å². The molecule has 0 aliphatic carbocycles. The maximum absolute atomic E-state index is 12.1. The van der Waals surface area contributed by atoms with Crippen molar-refractivity contribution in [2.24, 2.45) is 0 Å². The Morgan fingerprint density at radius 1 is 1.33 bits per heavy atom. The number of hydrogen-bond acceptors (Lipinski definition) is 6. The summed E-state index contributed by atoms with van der Waals surface area (Å²) in [5, 5.41) is 6.92. The van der Waals surface area contributed by atoms with Crippen LogP contribution in [0.4, 0.5) is 5.82 Å². The Labute approximate surface area is 122 Å². The maximum atomic E-state index is 12.1. The fourth-order valence-electron chi connectivity index (χ4n) is 1.31. The fourth-order valence-corrected chi connectivity index (χ4v) is 2.16. The van der Waals surface area contributed by atoms with Crippen LogP contribution in [0.15, 0.2) is 6.07 Å². The van der Waals surface area contributed by atoms with Gasteiger partial charge >= 0.3 is 10.2 Å². The molecule has 0 fully saturated rings. The maximum Gasteiger partial charge on any atom is 0.324 e. The van der Waals surface area contributed by atoms with Crippen LogP contribution in [-0.4, -0.2) is 67.0 Å². The van der Waals surface area contributed by atoms with Crippen LogP contribution in [0, 0.1) is 0 Å². The molecule has 1 aromatic rings. The van der Waals surface area contributed by atoms with Crippen molar-refractivity contribution < 1.29 is 22.8 Å². The molecule has 0 aliphatic rings. The van der Waals surface area contributed by atoms with Crippen molar-refractivity contribution in [3.05, 3.63) is 11.8 Å². The van der Waals surface area contributed by atoms with Crippen LogP contribution in [0.25, 0.3) is 0 Å². The first-order chi connectivity index (χ1) is 9.61. The molecule has 0 bridgehead atoms. The van der Waals surface area contributed by atoms with E-state index in [9.17, 15) is 18.0 Å². The minimum Gasteiger partial charge on any atom is -0.310 e. The highest BCUT2D eigenvalue weighted by Crippen LogP contribution is 2.16. The Balaban J connectivity index is 3.39. The number of carbonyl (C=O) groups is 2. The Bertz CT molecular complexity index is 651. The van der Waals surface area contributed by atoms with Gasteiger partial charge in [-0.05, 0) is 0 Å². The molecule has 1 N–H and O–H groups in total. The smallest absolute Gasteiger partial charge is 0.310 e. The molecular weight excluding hydrogens is 302 g/mol. The molecule has 0 spiro atoms. The summed E-state index contributed by atoms with van der Waals surface area (Å²) in [6.07, 6.45) is 0. The predicted octanol–water partition coefficient (Wildman–Crippen LogP) is -0.871. The molecule has 21 heavy (non-hydrogen) atoms. The number of nitrogens with zero attached hydrogens (tertiary/aromatic N) is 4. The number of rotatable bonds is 5. The van der Waals surface area contributed by atoms with Crippen LogP contribution in [0.5, 0.6) is 0 Å². The lowest BCUT2D eigenvalue weighted by molar-refractivity contribution is -0.114. The van der Waals surface area contributed by atoms with E-state index in [0.717, 1.165) is 15.4 Å². The Kier molecular flexibility index (Phi) is 5.04. The van der Waals surface area contributed by atoms with Gasteiger partial charge in [0.25, 0.3) is 5.91 Å². The lowest BCUT2D eigenvalue weighted by Crippen LogP contribution is -2.31. The lowest BCUT2D eigenvalue weighted by Gasteiger charge is -2.13. The third kappa shape index (κ3) is 3.56. The van der Waals surface area contributed by atoms with Crippen molar-refractivity contribution >= 4 is 27.8 Å². The molecule has 2 amide bonds. The molecule has 1 heterocycles. The SMILES string of the molecule is CON(C)C(=O)c1cc(NC(C)=O)n(S(=O)(=O)N(C)C)n1. The zero-order valence-corrected chi connectivity index (χ0v) is 13.1. The summed E-state index contributed by atoms with van der Waals surface area (Å²) in [5.74, 6) is -1.29. The van der Waals surface area contributed by atoms with E-state index in [1.807, 2.05) is 0 Å². The van der Waals surface area contributed by atoms with E-state index in [2.05, 4.69) is 10.4 Å². The number of nitrogens with one attached hydrogen (secondary N) is 1. The number of anilines is 1. The lowest BCUT2D eigenvalue weighted by atomic mass is 10.4. The molecule has 11 heteroatoms. The van der Waals surface area contributed by atoms with Crippen LogP contribution in [0.3, 0.4) is 0 Å². The van der Waals surface area contributed by atoms with Gasteiger partial charge in [0, 0.05) is 34.1 Å². The van der Waals surface area contributed by atoms with Crippen LogP contribution in [0.1, 0.15) is 17.4 Å². The standard InChI is InChI=1S/C10H17N5O5S/c1-7(16)11-9-6-8(10(17)14(4)20-5)12-15(9)21(18,19)13(2)3/h6H,1-5H3,(H,11,16). The van der Waals surface area contributed by atoms with Gasteiger partial charge in [-0.15, -0.1) is 9.19 Å². The number of hydroxylamine groups is 2. The van der Waals surface area contributed by atoms with Crippen molar-refractivity contribution in [3.8, 4) is 0 Å². The van der Waals surface area contributed by atoms with E-state index in [-0.39, 0.29) is 11.5 Å². The number of amides is 2. The first kappa shape index (κ1) is 17.1. The Morgan fingerprint density at radius 3 is 2.33 bits per heavy atom. The van der Waals surface area contributed by atoms with Gasteiger partial charge in [-0.25, -0.2) is 5.06 Å². The molecule has 0 saturated carbocycles. The molecule has 0 unspecified atom stereocenters. The molecule has 0 aromatic carbocycles. The molecule has 1 aromatic heterocycles. The third-order valence-corrected chi connectivity index (χ3v) is 4.08. The van der Waals surface area contributed by atoms with Gasteiger partial charge in [0.1, 0.15) is 5.82 Å². The fraction of sp³-hybridized carbons (Fsp3) is 0.500. The molecule has 1 rings (SSSR count). The molecule has 118 valence electrons. The summed E-state index contributed by atoms with van der Waals surface area (Å²) in [7, 11) is 1.25. The Morgan fingerprint density at radius 2 is 1.90 bits per heavy atom. The third-order valence-electron chi connectivity index (χ3n) is 2.44. The average Bonchev–Trinajstić information content (AvgIpc) is 2.80. The quantitative estimate of drug-likeness (QED) is 0.706. The summed E-state index contributed by atoms with van der Waals surface area (Å²) in [4.78, 5) is 27.8. The van der Waals surface area contributed by atoms with Gasteiger partial charge in [0.2, 0.25) is 5.91 Å². The highest BCUT2D eigenvalue weighted by atomic mass is 32.2. The van der Waals surface area contributed by atoms with Gasteiger partial charge in [-0.2, -0.15) is 12.7 Å². The van der Waals surface area contributed by atoms with Crippen LogP contribution in [-0.2, 0) is 19.8 Å². The molecule has 0 aliphatic heterocycles. The van der Waals surface area contributed by atoms with Crippen molar-refractivity contribution in [2.45, 2.75) is 6.92 Å². The normalized spacial score (nSPS) is 11.5. The minimum atomic E-state index is -3.99. The summed E-state index contributed by atoms with van der Waals surface area (Å²) >= 11 is 0. The largest absolute Gasteiger partial charge is 0.324 e. The van der Waals surface area contributed by atoms with E-state index in [0.29, 0.717) is 4.09 Å². The van der Waals surface area contributed by atoms with Gasteiger partial charge in [-0.3, -0.25) is 14.4 Å². The molecule has 10 nitrogen and oxygen atoms in total. The number of carbonyl (C=O) groups excluding carboxylic acids is 2. The Hall–Kier alpha value is -1.98.